The summed E-state index contributed by atoms with van der Waals surface area (Å²) in [6, 6.07) is 17.4. The van der Waals surface area contributed by atoms with E-state index >= 15 is 0 Å². The van der Waals surface area contributed by atoms with E-state index in [2.05, 4.69) is 5.32 Å². The topological polar surface area (TPSA) is 109 Å². The van der Waals surface area contributed by atoms with Gasteiger partial charge in [0.25, 0.3) is 5.91 Å². The molecule has 36 heavy (non-hydrogen) atoms. The minimum absolute atomic E-state index is 0.193. The predicted octanol–water partition coefficient (Wildman–Crippen LogP) is 5.46. The van der Waals surface area contributed by atoms with E-state index in [-0.39, 0.29) is 30.1 Å². The minimum Gasteiger partial charge on any atom is -0.489 e. The van der Waals surface area contributed by atoms with Gasteiger partial charge in [0.05, 0.1) is 41.8 Å². The van der Waals surface area contributed by atoms with Crippen molar-refractivity contribution in [3.8, 4) is 17.2 Å². The molecule has 3 aromatic rings. The third-order valence-corrected chi connectivity index (χ3v) is 4.98. The molecule has 0 aliphatic rings. The molecule has 0 aliphatic heterocycles. The van der Waals surface area contributed by atoms with Crippen molar-refractivity contribution in [3.05, 3.63) is 77.4 Å². The average molecular weight is 493 g/mol. The summed E-state index contributed by atoms with van der Waals surface area (Å²) in [6.07, 6.45) is -0.387. The van der Waals surface area contributed by atoms with Crippen LogP contribution < -0.4 is 25.3 Å². The predicted molar refractivity (Wildman–Crippen MR) is 139 cm³/mol. The lowest BCUT2D eigenvalue weighted by atomic mass is 10.1. The molecule has 3 N–H and O–H groups in total. The van der Waals surface area contributed by atoms with Gasteiger partial charge in [-0.05, 0) is 63.6 Å². The highest BCUT2D eigenvalue weighted by atomic mass is 16.5. The van der Waals surface area contributed by atoms with E-state index in [9.17, 15) is 9.59 Å². The summed E-state index contributed by atoms with van der Waals surface area (Å²) >= 11 is 0. The monoisotopic (exact) mass is 492 g/mol. The Morgan fingerprint density at radius 2 is 1.58 bits per heavy atom. The number of nitrogen functional groups attached to an aromatic ring is 1. The number of methoxy groups -OCH3 is 1. The van der Waals surface area contributed by atoms with E-state index in [1.807, 2.05) is 58.0 Å². The highest BCUT2D eigenvalue weighted by molar-refractivity contribution is 6.08. The highest BCUT2D eigenvalue weighted by Crippen LogP contribution is 2.39. The third-order valence-electron chi connectivity index (χ3n) is 4.98. The van der Waals surface area contributed by atoms with Crippen LogP contribution in [0.2, 0.25) is 0 Å². The molecule has 8 nitrogen and oxygen atoms in total. The molecule has 0 radical (unpaired) electrons. The molecule has 0 unspecified atom stereocenters. The quantitative estimate of drug-likeness (QED) is 0.286. The number of carbonyl (C=O) groups excluding carboxylic acids is 2. The molecule has 190 valence electrons. The normalized spacial score (nSPS) is 10.8. The van der Waals surface area contributed by atoms with Crippen molar-refractivity contribution in [2.24, 2.45) is 0 Å². The van der Waals surface area contributed by atoms with Gasteiger partial charge >= 0.3 is 5.97 Å². The molecule has 3 rings (SSSR count). The van der Waals surface area contributed by atoms with Crippen molar-refractivity contribution in [1.82, 2.24) is 0 Å². The van der Waals surface area contributed by atoms with Crippen LogP contribution in [-0.2, 0) is 11.3 Å². The Balaban J connectivity index is 1.98. The molecule has 0 saturated heterocycles. The summed E-state index contributed by atoms with van der Waals surface area (Å²) in [4.78, 5) is 25.5. The molecule has 0 aliphatic carbocycles. The van der Waals surface area contributed by atoms with Crippen LogP contribution in [0.4, 0.5) is 11.4 Å². The summed E-state index contributed by atoms with van der Waals surface area (Å²) in [5.74, 6) is -0.0869. The zero-order valence-electron chi connectivity index (χ0n) is 21.2. The molecule has 0 aromatic heterocycles. The second-order valence-electron chi connectivity index (χ2n) is 8.62. The maximum atomic E-state index is 13.5. The lowest BCUT2D eigenvalue weighted by Gasteiger charge is -2.20. The first-order valence-electron chi connectivity index (χ1n) is 11.7. The number of rotatable bonds is 10. The molecule has 0 saturated carbocycles. The fraction of sp³-hybridized carbons (Fsp3) is 0.286. The number of nitrogens with one attached hydrogen (secondary N) is 1. The molecule has 8 heteroatoms. The van der Waals surface area contributed by atoms with E-state index < -0.39 is 11.9 Å². The van der Waals surface area contributed by atoms with Crippen LogP contribution in [-0.4, -0.2) is 31.2 Å². The number of hydrogen-bond donors (Lipinski definition) is 2. The molecule has 0 fully saturated rings. The van der Waals surface area contributed by atoms with E-state index in [0.29, 0.717) is 28.4 Å². The molecule has 0 heterocycles. The van der Waals surface area contributed by atoms with Gasteiger partial charge in [0.1, 0.15) is 12.4 Å². The Morgan fingerprint density at radius 1 is 0.889 bits per heavy atom. The average Bonchev–Trinajstić information content (AvgIpc) is 2.84. The van der Waals surface area contributed by atoms with Gasteiger partial charge in [-0.1, -0.05) is 30.3 Å². The van der Waals surface area contributed by atoms with Gasteiger partial charge in [0, 0.05) is 0 Å². The standard InChI is InChI=1S/C28H32N2O6/c1-17(2)35-24-15-20(28(32)33-5)11-14-23(24)30-27(31)21-12-13-22(29)26(36-18(3)4)25(21)34-16-19-9-7-6-8-10-19/h6-15,17-18H,16,29H2,1-5H3,(H,30,31). The summed E-state index contributed by atoms with van der Waals surface area (Å²) in [5.41, 5.74) is 8.41. The molecule has 0 atom stereocenters. The van der Waals surface area contributed by atoms with Crippen LogP contribution >= 0.6 is 0 Å². The lowest BCUT2D eigenvalue weighted by Crippen LogP contribution is -2.18. The molecular weight excluding hydrogens is 460 g/mol. The van der Waals surface area contributed by atoms with Gasteiger partial charge in [-0.15, -0.1) is 0 Å². The fourth-order valence-electron chi connectivity index (χ4n) is 3.40. The summed E-state index contributed by atoms with van der Waals surface area (Å²) in [5, 5.41) is 2.86. The van der Waals surface area contributed by atoms with Crippen molar-refractivity contribution in [3.63, 3.8) is 0 Å². The number of hydrogen-bond acceptors (Lipinski definition) is 7. The number of amides is 1. The summed E-state index contributed by atoms with van der Waals surface area (Å²) < 4.78 is 22.7. The second kappa shape index (κ2) is 12.0. The maximum Gasteiger partial charge on any atom is 0.337 e. The van der Waals surface area contributed by atoms with Gasteiger partial charge in [0.15, 0.2) is 11.5 Å². The van der Waals surface area contributed by atoms with Crippen LogP contribution in [0.1, 0.15) is 54.0 Å². The van der Waals surface area contributed by atoms with E-state index in [1.54, 1.807) is 24.3 Å². The molecule has 0 bridgehead atoms. The zero-order chi connectivity index (χ0) is 26.2. The Morgan fingerprint density at radius 3 is 2.22 bits per heavy atom. The van der Waals surface area contributed by atoms with Gasteiger partial charge in [0.2, 0.25) is 0 Å². The van der Waals surface area contributed by atoms with Crippen molar-refractivity contribution in [1.29, 1.82) is 0 Å². The van der Waals surface area contributed by atoms with Crippen molar-refractivity contribution in [2.45, 2.75) is 46.5 Å². The second-order valence-corrected chi connectivity index (χ2v) is 8.62. The Bertz CT molecular complexity index is 1210. The first-order chi connectivity index (χ1) is 17.2. The molecule has 3 aromatic carbocycles. The summed E-state index contributed by atoms with van der Waals surface area (Å²) in [6.45, 7) is 7.65. The number of benzene rings is 3. The first kappa shape index (κ1) is 26.4. The van der Waals surface area contributed by atoms with Crippen molar-refractivity contribution < 1.29 is 28.5 Å². The van der Waals surface area contributed by atoms with E-state index in [0.717, 1.165) is 5.56 Å². The third kappa shape index (κ3) is 6.69. The Hall–Kier alpha value is -4.20. The number of anilines is 2. The number of carbonyl (C=O) groups is 2. The SMILES string of the molecule is COC(=O)c1ccc(NC(=O)c2ccc(N)c(OC(C)C)c2OCc2ccccc2)c(OC(C)C)c1. The molecule has 1 amide bonds. The van der Waals surface area contributed by atoms with Crippen LogP contribution in [0.3, 0.4) is 0 Å². The largest absolute Gasteiger partial charge is 0.489 e. The van der Waals surface area contributed by atoms with Gasteiger partial charge in [-0.2, -0.15) is 0 Å². The smallest absolute Gasteiger partial charge is 0.337 e. The van der Waals surface area contributed by atoms with Gasteiger partial charge in [-0.25, -0.2) is 4.79 Å². The maximum absolute atomic E-state index is 13.5. The number of esters is 1. The van der Waals surface area contributed by atoms with E-state index in [1.165, 1.54) is 13.2 Å². The summed E-state index contributed by atoms with van der Waals surface area (Å²) in [7, 11) is 1.30. The highest BCUT2D eigenvalue weighted by Gasteiger charge is 2.23. The Labute approximate surface area is 211 Å². The zero-order valence-corrected chi connectivity index (χ0v) is 21.2. The van der Waals surface area contributed by atoms with Gasteiger partial charge in [-0.3, -0.25) is 4.79 Å². The minimum atomic E-state index is -0.507. The Kier molecular flexibility index (Phi) is 8.78. The van der Waals surface area contributed by atoms with Crippen LogP contribution in [0, 0.1) is 0 Å². The van der Waals surface area contributed by atoms with Crippen LogP contribution in [0.25, 0.3) is 0 Å². The number of ether oxygens (including phenoxy) is 4. The lowest BCUT2D eigenvalue weighted by molar-refractivity contribution is 0.0600. The fourth-order valence-corrected chi connectivity index (χ4v) is 3.40. The van der Waals surface area contributed by atoms with Crippen molar-refractivity contribution >= 4 is 23.3 Å². The van der Waals surface area contributed by atoms with Crippen LogP contribution in [0.15, 0.2) is 60.7 Å². The van der Waals surface area contributed by atoms with Crippen LogP contribution in [0.5, 0.6) is 17.2 Å². The van der Waals surface area contributed by atoms with Crippen molar-refractivity contribution in [2.75, 3.05) is 18.2 Å². The molecular formula is C28H32N2O6. The molecule has 0 spiro atoms. The van der Waals surface area contributed by atoms with E-state index in [4.69, 9.17) is 24.7 Å². The number of nitrogens with two attached hydrogens (primary N) is 1. The van der Waals surface area contributed by atoms with Gasteiger partial charge < -0.3 is 30.0 Å². The first-order valence-corrected chi connectivity index (χ1v) is 11.7.